The maximum absolute atomic E-state index is 13.7. The van der Waals surface area contributed by atoms with Gasteiger partial charge in [-0.1, -0.05) is 109 Å². The standard InChI is InChI=1S/C22H19OP/c23-24(21-15-6-2-7-16-21,22-17-8-3-9-18-22)19-11-10-14-20-12-4-1-5-13-20/h1-19H. The molecule has 1 nitrogen and oxygen atoms in total. The van der Waals surface area contributed by atoms with Crippen molar-refractivity contribution >= 4 is 23.8 Å². The quantitative estimate of drug-likeness (QED) is 0.462. The van der Waals surface area contributed by atoms with Crippen LogP contribution in [-0.4, -0.2) is 0 Å². The van der Waals surface area contributed by atoms with Gasteiger partial charge >= 0.3 is 0 Å². The fourth-order valence-electron chi connectivity index (χ4n) is 2.52. The normalized spacial score (nSPS) is 12.0. The molecule has 0 aromatic heterocycles. The average molecular weight is 330 g/mol. The van der Waals surface area contributed by atoms with E-state index >= 15 is 0 Å². The molecule has 0 saturated carbocycles. The van der Waals surface area contributed by atoms with Crippen LogP contribution >= 0.6 is 7.14 Å². The summed E-state index contributed by atoms with van der Waals surface area (Å²) in [7, 11) is -2.78. The molecule has 0 bridgehead atoms. The molecular formula is C22H19OP. The van der Waals surface area contributed by atoms with E-state index in [9.17, 15) is 4.57 Å². The minimum atomic E-state index is -2.78. The Morgan fingerprint density at radius 3 is 1.54 bits per heavy atom. The van der Waals surface area contributed by atoms with Crippen LogP contribution < -0.4 is 10.6 Å². The van der Waals surface area contributed by atoms with Crippen molar-refractivity contribution in [2.45, 2.75) is 0 Å². The lowest BCUT2D eigenvalue weighted by Gasteiger charge is -2.14. The second-order valence-electron chi connectivity index (χ2n) is 5.44. The van der Waals surface area contributed by atoms with Gasteiger partial charge in [0.05, 0.1) is 0 Å². The van der Waals surface area contributed by atoms with Crippen LogP contribution in [0.3, 0.4) is 0 Å². The molecule has 0 radical (unpaired) electrons. The van der Waals surface area contributed by atoms with Crippen LogP contribution in [0.2, 0.25) is 0 Å². The topological polar surface area (TPSA) is 17.1 Å². The van der Waals surface area contributed by atoms with Crippen LogP contribution in [0.15, 0.2) is 109 Å². The van der Waals surface area contributed by atoms with Crippen molar-refractivity contribution < 1.29 is 4.57 Å². The van der Waals surface area contributed by atoms with Crippen LogP contribution in [0.5, 0.6) is 0 Å². The molecule has 0 aliphatic rings. The van der Waals surface area contributed by atoms with Gasteiger partial charge in [-0.25, -0.2) is 0 Å². The minimum absolute atomic E-state index is 0.848. The monoisotopic (exact) mass is 330 g/mol. The summed E-state index contributed by atoms with van der Waals surface area (Å²) in [5, 5.41) is 1.70. The van der Waals surface area contributed by atoms with Crippen molar-refractivity contribution in [2.24, 2.45) is 0 Å². The predicted molar refractivity (Wildman–Crippen MR) is 104 cm³/mol. The zero-order chi connectivity index (χ0) is 16.7. The first-order chi connectivity index (χ1) is 11.8. The Morgan fingerprint density at radius 1 is 0.583 bits per heavy atom. The Hall–Kier alpha value is -2.63. The van der Waals surface area contributed by atoms with Crippen molar-refractivity contribution in [3.8, 4) is 0 Å². The van der Waals surface area contributed by atoms with E-state index in [2.05, 4.69) is 0 Å². The van der Waals surface area contributed by atoms with E-state index < -0.39 is 7.14 Å². The van der Waals surface area contributed by atoms with Gasteiger partial charge in [0.1, 0.15) is 0 Å². The molecular weight excluding hydrogens is 311 g/mol. The van der Waals surface area contributed by atoms with E-state index in [1.807, 2.05) is 115 Å². The van der Waals surface area contributed by atoms with Crippen LogP contribution in [-0.2, 0) is 4.57 Å². The van der Waals surface area contributed by atoms with Gasteiger partial charge in [-0.3, -0.25) is 0 Å². The first-order valence-electron chi connectivity index (χ1n) is 7.91. The molecule has 118 valence electrons. The predicted octanol–water partition coefficient (Wildman–Crippen LogP) is 5.23. The van der Waals surface area contributed by atoms with E-state index in [-0.39, 0.29) is 0 Å². The minimum Gasteiger partial charge on any atom is -0.309 e. The Morgan fingerprint density at radius 2 is 1.04 bits per heavy atom. The summed E-state index contributed by atoms with van der Waals surface area (Å²) >= 11 is 0. The highest BCUT2D eigenvalue weighted by atomic mass is 31.2. The zero-order valence-corrected chi connectivity index (χ0v) is 14.2. The van der Waals surface area contributed by atoms with Gasteiger partial charge in [-0.15, -0.1) is 0 Å². The van der Waals surface area contributed by atoms with E-state index in [0.29, 0.717) is 0 Å². The summed E-state index contributed by atoms with van der Waals surface area (Å²) in [5.41, 5.74) is 1.12. The SMILES string of the molecule is O=P(C=CC=Cc1ccccc1)(c1ccccc1)c1ccccc1. The third-order valence-electron chi connectivity index (χ3n) is 3.77. The molecule has 0 atom stereocenters. The zero-order valence-electron chi connectivity index (χ0n) is 13.3. The summed E-state index contributed by atoms with van der Waals surface area (Å²) in [5.74, 6) is 1.83. The molecule has 0 aliphatic heterocycles. The molecule has 0 N–H and O–H groups in total. The summed E-state index contributed by atoms with van der Waals surface area (Å²) in [6.07, 6.45) is 5.83. The molecule has 24 heavy (non-hydrogen) atoms. The largest absolute Gasteiger partial charge is 0.309 e. The van der Waals surface area contributed by atoms with Crippen LogP contribution in [0.4, 0.5) is 0 Å². The third kappa shape index (κ3) is 3.82. The second kappa shape index (κ2) is 7.77. The molecule has 0 heterocycles. The van der Waals surface area contributed by atoms with Gasteiger partial charge < -0.3 is 4.57 Å². The number of allylic oxidation sites excluding steroid dienone is 2. The molecule has 0 aliphatic carbocycles. The van der Waals surface area contributed by atoms with Crippen LogP contribution in [0.1, 0.15) is 5.56 Å². The van der Waals surface area contributed by atoms with E-state index in [4.69, 9.17) is 0 Å². The fourth-order valence-corrected chi connectivity index (χ4v) is 4.74. The molecule has 2 heteroatoms. The number of hydrogen-bond acceptors (Lipinski definition) is 1. The summed E-state index contributed by atoms with van der Waals surface area (Å²) in [6.45, 7) is 0. The maximum atomic E-state index is 13.7. The molecule has 0 amide bonds. The number of rotatable bonds is 5. The van der Waals surface area contributed by atoms with Crippen molar-refractivity contribution in [3.05, 3.63) is 115 Å². The van der Waals surface area contributed by atoms with Gasteiger partial charge in [0.15, 0.2) is 7.14 Å². The summed E-state index contributed by atoms with van der Waals surface area (Å²) < 4.78 is 13.7. The lowest BCUT2D eigenvalue weighted by Crippen LogP contribution is -2.13. The van der Waals surface area contributed by atoms with Crippen molar-refractivity contribution in [2.75, 3.05) is 0 Å². The molecule has 3 aromatic carbocycles. The van der Waals surface area contributed by atoms with Crippen molar-refractivity contribution in [1.29, 1.82) is 0 Å². The Labute approximate surface area is 143 Å². The van der Waals surface area contributed by atoms with Crippen LogP contribution in [0, 0.1) is 0 Å². The first-order valence-corrected chi connectivity index (χ1v) is 9.68. The highest BCUT2D eigenvalue weighted by Gasteiger charge is 2.23. The van der Waals surface area contributed by atoms with E-state index in [1.165, 1.54) is 0 Å². The Kier molecular flexibility index (Phi) is 5.25. The second-order valence-corrected chi connectivity index (χ2v) is 8.09. The molecule has 3 rings (SSSR count). The number of hydrogen-bond donors (Lipinski definition) is 0. The maximum Gasteiger partial charge on any atom is 0.164 e. The van der Waals surface area contributed by atoms with Crippen LogP contribution in [0.25, 0.3) is 6.08 Å². The summed E-state index contributed by atoms with van der Waals surface area (Å²) in [4.78, 5) is 0. The van der Waals surface area contributed by atoms with Gasteiger partial charge in [-0.05, 0) is 11.4 Å². The molecule has 0 saturated heterocycles. The Balaban J connectivity index is 1.93. The smallest absolute Gasteiger partial charge is 0.164 e. The lowest BCUT2D eigenvalue weighted by molar-refractivity contribution is 0.592. The lowest BCUT2D eigenvalue weighted by atomic mass is 10.2. The van der Waals surface area contributed by atoms with E-state index in [0.717, 1.165) is 16.2 Å². The van der Waals surface area contributed by atoms with Gasteiger partial charge in [-0.2, -0.15) is 0 Å². The van der Waals surface area contributed by atoms with Crippen molar-refractivity contribution in [1.82, 2.24) is 0 Å². The van der Waals surface area contributed by atoms with Gasteiger partial charge in [0, 0.05) is 10.6 Å². The molecule has 0 fully saturated rings. The molecule has 0 spiro atoms. The summed E-state index contributed by atoms with van der Waals surface area (Å²) in [6, 6.07) is 29.4. The first kappa shape index (κ1) is 16.2. The highest BCUT2D eigenvalue weighted by Crippen LogP contribution is 2.44. The average Bonchev–Trinajstić information content (AvgIpc) is 2.67. The number of benzene rings is 3. The highest BCUT2D eigenvalue weighted by molar-refractivity contribution is 7.81. The Bertz CT molecular complexity index is 822. The molecule has 0 unspecified atom stereocenters. The third-order valence-corrected chi connectivity index (χ3v) is 6.50. The van der Waals surface area contributed by atoms with Crippen molar-refractivity contribution in [3.63, 3.8) is 0 Å². The van der Waals surface area contributed by atoms with E-state index in [1.54, 1.807) is 0 Å². The fraction of sp³-hybridized carbons (Fsp3) is 0. The molecule has 3 aromatic rings. The van der Waals surface area contributed by atoms with Gasteiger partial charge in [0.2, 0.25) is 0 Å². The van der Waals surface area contributed by atoms with Gasteiger partial charge in [0.25, 0.3) is 0 Å².